The van der Waals surface area contributed by atoms with Gasteiger partial charge in [-0.3, -0.25) is 4.79 Å². The van der Waals surface area contributed by atoms with Crippen LogP contribution in [0.15, 0.2) is 47.6 Å². The molecule has 80 valence electrons. The first-order valence-corrected chi connectivity index (χ1v) is 5.02. The summed E-state index contributed by atoms with van der Waals surface area (Å²) in [6.45, 7) is 8.29. The fourth-order valence-corrected chi connectivity index (χ4v) is 1.56. The van der Waals surface area contributed by atoms with E-state index in [0.717, 1.165) is 16.7 Å². The second-order valence-electron chi connectivity index (χ2n) is 3.69. The van der Waals surface area contributed by atoms with Crippen molar-refractivity contribution in [1.29, 1.82) is 0 Å². The normalized spacial score (nSPS) is 18.2. The largest absolute Gasteiger partial charge is 0.337 e. The standard InChI is InChI=1S/C13H17NO/c1-5-7-12-11(8-10(3)6-2)9-14(4)13(12)15/h5-8H,2,9H2,1,3-4H3/b7-5-,10-8-. The fourth-order valence-electron chi connectivity index (χ4n) is 1.56. The van der Waals surface area contributed by atoms with Crippen LogP contribution < -0.4 is 0 Å². The summed E-state index contributed by atoms with van der Waals surface area (Å²) in [5, 5.41) is 0. The molecule has 0 bridgehead atoms. The van der Waals surface area contributed by atoms with Gasteiger partial charge in [-0.15, -0.1) is 0 Å². The number of likely N-dealkylation sites (N-methyl/N-ethyl adjacent to an activating group) is 1. The van der Waals surface area contributed by atoms with Crippen LogP contribution in [-0.4, -0.2) is 24.4 Å². The van der Waals surface area contributed by atoms with Crippen LogP contribution in [0.3, 0.4) is 0 Å². The molecule has 1 rings (SSSR count). The zero-order chi connectivity index (χ0) is 11.4. The number of rotatable bonds is 3. The van der Waals surface area contributed by atoms with E-state index in [9.17, 15) is 4.79 Å². The lowest BCUT2D eigenvalue weighted by Gasteiger charge is -2.06. The van der Waals surface area contributed by atoms with E-state index in [1.54, 1.807) is 11.0 Å². The summed E-state index contributed by atoms with van der Waals surface area (Å²) in [4.78, 5) is 13.5. The van der Waals surface area contributed by atoms with Gasteiger partial charge in [0, 0.05) is 19.2 Å². The molecule has 1 aliphatic heterocycles. The van der Waals surface area contributed by atoms with Crippen molar-refractivity contribution < 1.29 is 4.79 Å². The molecule has 0 aromatic carbocycles. The third kappa shape index (κ3) is 2.46. The van der Waals surface area contributed by atoms with Crippen molar-refractivity contribution in [3.05, 3.63) is 47.6 Å². The molecule has 1 amide bonds. The summed E-state index contributed by atoms with van der Waals surface area (Å²) in [6, 6.07) is 0. The van der Waals surface area contributed by atoms with Crippen LogP contribution in [0.5, 0.6) is 0 Å². The Kier molecular flexibility index (Phi) is 3.67. The molecule has 0 aromatic rings. The maximum atomic E-state index is 11.7. The van der Waals surface area contributed by atoms with E-state index in [1.807, 2.05) is 39.1 Å². The van der Waals surface area contributed by atoms with Gasteiger partial charge in [0.2, 0.25) is 0 Å². The highest BCUT2D eigenvalue weighted by Crippen LogP contribution is 2.21. The Hall–Kier alpha value is -1.57. The highest BCUT2D eigenvalue weighted by Gasteiger charge is 2.23. The lowest BCUT2D eigenvalue weighted by molar-refractivity contribution is -0.124. The molecule has 0 radical (unpaired) electrons. The van der Waals surface area contributed by atoms with E-state index >= 15 is 0 Å². The molecule has 0 fully saturated rings. The maximum absolute atomic E-state index is 11.7. The first-order chi connectivity index (χ1) is 7.10. The summed E-state index contributed by atoms with van der Waals surface area (Å²) >= 11 is 0. The van der Waals surface area contributed by atoms with Crippen LogP contribution in [0.1, 0.15) is 13.8 Å². The average molecular weight is 203 g/mol. The molecular weight excluding hydrogens is 186 g/mol. The Bertz CT molecular complexity index is 372. The third-order valence-corrected chi connectivity index (χ3v) is 2.39. The summed E-state index contributed by atoms with van der Waals surface area (Å²) in [6.07, 6.45) is 7.57. The third-order valence-electron chi connectivity index (χ3n) is 2.39. The molecule has 0 atom stereocenters. The van der Waals surface area contributed by atoms with Crippen LogP contribution in [0.4, 0.5) is 0 Å². The minimum Gasteiger partial charge on any atom is -0.337 e. The zero-order valence-corrected chi connectivity index (χ0v) is 9.58. The quantitative estimate of drug-likeness (QED) is 0.645. The van der Waals surface area contributed by atoms with E-state index in [2.05, 4.69) is 6.58 Å². The van der Waals surface area contributed by atoms with E-state index in [0.29, 0.717) is 6.54 Å². The number of hydrogen-bond acceptors (Lipinski definition) is 1. The van der Waals surface area contributed by atoms with Crippen LogP contribution >= 0.6 is 0 Å². The van der Waals surface area contributed by atoms with Crippen molar-refractivity contribution >= 4 is 5.91 Å². The first-order valence-electron chi connectivity index (χ1n) is 5.02. The van der Waals surface area contributed by atoms with E-state index in [4.69, 9.17) is 0 Å². The lowest BCUT2D eigenvalue weighted by atomic mass is 10.1. The molecule has 1 aliphatic rings. The number of hydrogen-bond donors (Lipinski definition) is 0. The Morgan fingerprint density at radius 3 is 2.73 bits per heavy atom. The van der Waals surface area contributed by atoms with Crippen molar-refractivity contribution in [2.75, 3.05) is 13.6 Å². The van der Waals surface area contributed by atoms with Gasteiger partial charge in [0.05, 0.1) is 0 Å². The van der Waals surface area contributed by atoms with Crippen molar-refractivity contribution in [2.24, 2.45) is 0 Å². The summed E-state index contributed by atoms with van der Waals surface area (Å²) in [5.74, 6) is 0.0937. The minimum absolute atomic E-state index is 0.0937. The predicted octanol–water partition coefficient (Wildman–Crippen LogP) is 2.46. The van der Waals surface area contributed by atoms with Crippen molar-refractivity contribution in [2.45, 2.75) is 13.8 Å². The SMILES string of the molecule is C=C/C(C)=C\C1=C(/C=C\C)C(=O)N(C)C1. The number of allylic oxidation sites excluding steroid dienone is 3. The Balaban J connectivity index is 3.11. The van der Waals surface area contributed by atoms with Gasteiger partial charge in [-0.2, -0.15) is 0 Å². The number of nitrogens with zero attached hydrogens (tertiary/aromatic N) is 1. The van der Waals surface area contributed by atoms with Crippen molar-refractivity contribution in [3.63, 3.8) is 0 Å². The van der Waals surface area contributed by atoms with E-state index in [1.165, 1.54) is 0 Å². The average Bonchev–Trinajstić information content (AvgIpc) is 2.46. The van der Waals surface area contributed by atoms with Gasteiger partial charge in [-0.1, -0.05) is 36.5 Å². The summed E-state index contributed by atoms with van der Waals surface area (Å²) in [7, 11) is 1.82. The topological polar surface area (TPSA) is 20.3 Å². The Morgan fingerprint density at radius 1 is 1.53 bits per heavy atom. The molecular formula is C13H17NO. The molecule has 0 aromatic heterocycles. The van der Waals surface area contributed by atoms with Gasteiger partial charge in [-0.05, 0) is 19.4 Å². The Morgan fingerprint density at radius 2 is 2.20 bits per heavy atom. The second-order valence-corrected chi connectivity index (χ2v) is 3.69. The molecule has 0 saturated heterocycles. The van der Waals surface area contributed by atoms with Gasteiger partial charge in [0.15, 0.2) is 0 Å². The number of amides is 1. The van der Waals surface area contributed by atoms with Gasteiger partial charge >= 0.3 is 0 Å². The van der Waals surface area contributed by atoms with E-state index < -0.39 is 0 Å². The first kappa shape index (κ1) is 11.5. The summed E-state index contributed by atoms with van der Waals surface area (Å²) < 4.78 is 0. The monoisotopic (exact) mass is 203 g/mol. The fraction of sp³-hybridized carbons (Fsp3) is 0.308. The molecule has 0 aliphatic carbocycles. The lowest BCUT2D eigenvalue weighted by Crippen LogP contribution is -2.21. The molecule has 2 heteroatoms. The van der Waals surface area contributed by atoms with Crippen molar-refractivity contribution in [1.82, 2.24) is 4.90 Å². The minimum atomic E-state index is 0.0937. The van der Waals surface area contributed by atoms with Gasteiger partial charge in [0.1, 0.15) is 0 Å². The second kappa shape index (κ2) is 4.78. The van der Waals surface area contributed by atoms with E-state index in [-0.39, 0.29) is 5.91 Å². The van der Waals surface area contributed by atoms with Gasteiger partial charge in [-0.25, -0.2) is 0 Å². The molecule has 0 spiro atoms. The summed E-state index contributed by atoms with van der Waals surface area (Å²) in [5.41, 5.74) is 2.94. The van der Waals surface area contributed by atoms with Gasteiger partial charge in [0.25, 0.3) is 5.91 Å². The Labute approximate surface area is 91.3 Å². The molecule has 0 N–H and O–H groups in total. The van der Waals surface area contributed by atoms with Crippen LogP contribution in [0.25, 0.3) is 0 Å². The number of carbonyl (C=O) groups excluding carboxylic acids is 1. The van der Waals surface area contributed by atoms with Crippen LogP contribution in [-0.2, 0) is 4.79 Å². The van der Waals surface area contributed by atoms with Crippen molar-refractivity contribution in [3.8, 4) is 0 Å². The smallest absolute Gasteiger partial charge is 0.254 e. The molecule has 2 nitrogen and oxygen atoms in total. The molecule has 0 saturated carbocycles. The molecule has 1 heterocycles. The molecule has 0 unspecified atom stereocenters. The molecule has 15 heavy (non-hydrogen) atoms. The van der Waals surface area contributed by atoms with Crippen LogP contribution in [0.2, 0.25) is 0 Å². The maximum Gasteiger partial charge on any atom is 0.254 e. The zero-order valence-electron chi connectivity index (χ0n) is 9.58. The highest BCUT2D eigenvalue weighted by molar-refractivity contribution is 6.00. The predicted molar refractivity (Wildman–Crippen MR) is 63.4 cm³/mol. The van der Waals surface area contributed by atoms with Crippen LogP contribution in [0, 0.1) is 0 Å². The van der Waals surface area contributed by atoms with Gasteiger partial charge < -0.3 is 4.90 Å². The highest BCUT2D eigenvalue weighted by atomic mass is 16.2. The number of carbonyl (C=O) groups is 1.